The molecular weight excluding hydrogens is 356 g/mol. The van der Waals surface area contributed by atoms with Gasteiger partial charge >= 0.3 is 0 Å². The van der Waals surface area contributed by atoms with Gasteiger partial charge < -0.3 is 14.5 Å². The van der Waals surface area contributed by atoms with Gasteiger partial charge in [-0.1, -0.05) is 18.2 Å². The van der Waals surface area contributed by atoms with E-state index in [-0.39, 0.29) is 5.91 Å². The Labute approximate surface area is 163 Å². The van der Waals surface area contributed by atoms with Gasteiger partial charge in [0, 0.05) is 44.4 Å². The fraction of sp³-hybridized carbons (Fsp3) is 0.400. The number of methoxy groups -OCH3 is 1. The number of piperazine rings is 1. The molecule has 146 valence electrons. The van der Waals surface area contributed by atoms with E-state index in [1.54, 1.807) is 13.4 Å². The number of hydrogen-bond acceptors (Lipinski definition) is 6. The lowest BCUT2D eigenvalue weighted by Gasteiger charge is -2.35. The second-order valence-electron chi connectivity index (χ2n) is 6.94. The normalized spacial score (nSPS) is 14.5. The lowest BCUT2D eigenvalue weighted by molar-refractivity contribution is -0.131. The van der Waals surface area contributed by atoms with Crippen LogP contribution in [-0.2, 0) is 11.2 Å². The Hall–Kier alpha value is -3.16. The predicted molar refractivity (Wildman–Crippen MR) is 106 cm³/mol. The number of amides is 1. The topological polar surface area (TPSA) is 75.9 Å². The minimum absolute atomic E-state index is 0.183. The van der Waals surface area contributed by atoms with Crippen molar-refractivity contribution >= 4 is 17.5 Å². The van der Waals surface area contributed by atoms with Crippen LogP contribution in [0.1, 0.15) is 17.7 Å². The Morgan fingerprint density at radius 3 is 2.75 bits per heavy atom. The first-order valence-electron chi connectivity index (χ1n) is 9.47. The highest BCUT2D eigenvalue weighted by molar-refractivity contribution is 5.77. The summed E-state index contributed by atoms with van der Waals surface area (Å²) in [5.74, 6) is 2.51. The van der Waals surface area contributed by atoms with E-state index in [0.717, 1.165) is 35.9 Å². The molecule has 1 saturated heterocycles. The Balaban J connectivity index is 1.35. The molecule has 0 spiro atoms. The molecule has 1 aromatic carbocycles. The van der Waals surface area contributed by atoms with Crippen LogP contribution in [0.3, 0.4) is 0 Å². The second-order valence-corrected chi connectivity index (χ2v) is 6.94. The first-order valence-corrected chi connectivity index (χ1v) is 9.47. The van der Waals surface area contributed by atoms with Crippen LogP contribution in [-0.4, -0.2) is 63.7 Å². The number of anilines is 1. The summed E-state index contributed by atoms with van der Waals surface area (Å²) in [6.07, 6.45) is 2.84. The van der Waals surface area contributed by atoms with E-state index >= 15 is 0 Å². The second kappa shape index (κ2) is 7.84. The number of nitrogens with zero attached hydrogens (tertiary/aromatic N) is 6. The standard InChI is InChI=1S/C20H24N6O2/c1-15-13-18(22-20-23-21-14-26(15)20)24-9-11-25(12-10-24)19(27)8-7-16-5-3-4-6-17(16)28-2/h3-6,13-14H,7-12H2,1-2H3. The van der Waals surface area contributed by atoms with Crippen molar-refractivity contribution in [3.05, 3.63) is 47.9 Å². The van der Waals surface area contributed by atoms with Crippen molar-refractivity contribution < 1.29 is 9.53 Å². The Kier molecular flexibility index (Phi) is 5.10. The fourth-order valence-corrected chi connectivity index (χ4v) is 3.60. The predicted octanol–water partition coefficient (Wildman–Crippen LogP) is 1.72. The number of ether oxygens (including phenoxy) is 1. The van der Waals surface area contributed by atoms with E-state index in [4.69, 9.17) is 4.74 Å². The molecule has 8 heteroatoms. The number of carbonyl (C=O) groups excluding carboxylic acids is 1. The molecule has 0 atom stereocenters. The van der Waals surface area contributed by atoms with E-state index < -0.39 is 0 Å². The van der Waals surface area contributed by atoms with E-state index in [2.05, 4.69) is 20.1 Å². The van der Waals surface area contributed by atoms with E-state index in [1.807, 2.05) is 46.6 Å². The molecule has 0 N–H and O–H groups in total. The zero-order valence-corrected chi connectivity index (χ0v) is 16.2. The lowest BCUT2D eigenvalue weighted by Crippen LogP contribution is -2.49. The maximum absolute atomic E-state index is 12.6. The number of rotatable bonds is 5. The van der Waals surface area contributed by atoms with E-state index in [1.165, 1.54) is 0 Å². The Morgan fingerprint density at radius 2 is 1.96 bits per heavy atom. The molecule has 1 fully saturated rings. The molecule has 1 aliphatic rings. The molecule has 3 heterocycles. The summed E-state index contributed by atoms with van der Waals surface area (Å²) in [5.41, 5.74) is 2.11. The van der Waals surface area contributed by atoms with Gasteiger partial charge in [-0.3, -0.25) is 9.20 Å². The number of hydrogen-bond donors (Lipinski definition) is 0. The number of para-hydroxylation sites is 1. The van der Waals surface area contributed by atoms with Crippen LogP contribution in [0.15, 0.2) is 36.7 Å². The lowest BCUT2D eigenvalue weighted by atomic mass is 10.1. The zero-order chi connectivity index (χ0) is 19.5. The van der Waals surface area contributed by atoms with Crippen LogP contribution >= 0.6 is 0 Å². The van der Waals surface area contributed by atoms with Gasteiger partial charge in [-0.2, -0.15) is 4.98 Å². The van der Waals surface area contributed by atoms with Crippen LogP contribution in [0.4, 0.5) is 5.82 Å². The largest absolute Gasteiger partial charge is 0.496 e. The van der Waals surface area contributed by atoms with Gasteiger partial charge in [-0.15, -0.1) is 10.2 Å². The fourth-order valence-electron chi connectivity index (χ4n) is 3.60. The molecule has 0 saturated carbocycles. The molecule has 0 aliphatic carbocycles. The van der Waals surface area contributed by atoms with Gasteiger partial charge in [0.25, 0.3) is 5.78 Å². The summed E-state index contributed by atoms with van der Waals surface area (Å²) in [6, 6.07) is 9.90. The number of aromatic nitrogens is 4. The van der Waals surface area contributed by atoms with Gasteiger partial charge in [-0.05, 0) is 25.0 Å². The maximum Gasteiger partial charge on any atom is 0.256 e. The smallest absolute Gasteiger partial charge is 0.256 e. The highest BCUT2D eigenvalue weighted by atomic mass is 16.5. The first kappa shape index (κ1) is 18.2. The first-order chi connectivity index (χ1) is 13.7. The van der Waals surface area contributed by atoms with Crippen molar-refractivity contribution in [2.75, 3.05) is 38.2 Å². The average molecular weight is 380 g/mol. The summed E-state index contributed by atoms with van der Waals surface area (Å²) in [6.45, 7) is 4.93. The molecule has 3 aromatic rings. The molecule has 0 bridgehead atoms. The van der Waals surface area contributed by atoms with Crippen molar-refractivity contribution in [3.8, 4) is 5.75 Å². The van der Waals surface area contributed by atoms with E-state index in [0.29, 0.717) is 31.7 Å². The summed E-state index contributed by atoms with van der Waals surface area (Å²) in [5, 5.41) is 7.96. The van der Waals surface area contributed by atoms with Gasteiger partial charge in [0.1, 0.15) is 17.9 Å². The van der Waals surface area contributed by atoms with Crippen molar-refractivity contribution in [2.45, 2.75) is 19.8 Å². The molecule has 1 amide bonds. The zero-order valence-electron chi connectivity index (χ0n) is 16.2. The Bertz CT molecular complexity index is 978. The van der Waals surface area contributed by atoms with Crippen LogP contribution < -0.4 is 9.64 Å². The van der Waals surface area contributed by atoms with Crippen LogP contribution in [0.25, 0.3) is 5.78 Å². The third-order valence-electron chi connectivity index (χ3n) is 5.22. The van der Waals surface area contributed by atoms with Crippen molar-refractivity contribution in [1.82, 2.24) is 24.5 Å². The molecule has 0 unspecified atom stereocenters. The molecular formula is C20H24N6O2. The SMILES string of the molecule is COc1ccccc1CCC(=O)N1CCN(c2cc(C)n3cnnc3n2)CC1. The number of fused-ring (bicyclic) bond motifs is 1. The molecule has 8 nitrogen and oxygen atoms in total. The molecule has 0 radical (unpaired) electrons. The number of aryl methyl sites for hydroxylation is 2. The monoisotopic (exact) mass is 380 g/mol. The summed E-state index contributed by atoms with van der Waals surface area (Å²) in [4.78, 5) is 21.4. The van der Waals surface area contributed by atoms with Crippen LogP contribution in [0, 0.1) is 6.92 Å². The third kappa shape index (κ3) is 3.62. The van der Waals surface area contributed by atoms with Crippen LogP contribution in [0.5, 0.6) is 5.75 Å². The molecule has 1 aliphatic heterocycles. The Morgan fingerprint density at radius 1 is 1.18 bits per heavy atom. The molecule has 4 rings (SSSR count). The minimum Gasteiger partial charge on any atom is -0.496 e. The maximum atomic E-state index is 12.6. The van der Waals surface area contributed by atoms with Gasteiger partial charge in [0.15, 0.2) is 0 Å². The van der Waals surface area contributed by atoms with Crippen molar-refractivity contribution in [1.29, 1.82) is 0 Å². The van der Waals surface area contributed by atoms with Crippen molar-refractivity contribution in [2.24, 2.45) is 0 Å². The van der Waals surface area contributed by atoms with E-state index in [9.17, 15) is 4.79 Å². The summed E-state index contributed by atoms with van der Waals surface area (Å²) < 4.78 is 7.23. The molecule has 28 heavy (non-hydrogen) atoms. The highest BCUT2D eigenvalue weighted by Crippen LogP contribution is 2.20. The van der Waals surface area contributed by atoms with Gasteiger partial charge in [-0.25, -0.2) is 0 Å². The van der Waals surface area contributed by atoms with Crippen molar-refractivity contribution in [3.63, 3.8) is 0 Å². The number of benzene rings is 1. The minimum atomic E-state index is 0.183. The summed E-state index contributed by atoms with van der Waals surface area (Å²) in [7, 11) is 1.66. The quantitative estimate of drug-likeness (QED) is 0.671. The molecule has 2 aromatic heterocycles. The number of carbonyl (C=O) groups is 1. The van der Waals surface area contributed by atoms with Gasteiger partial charge in [0.05, 0.1) is 7.11 Å². The van der Waals surface area contributed by atoms with Crippen LogP contribution in [0.2, 0.25) is 0 Å². The summed E-state index contributed by atoms with van der Waals surface area (Å²) >= 11 is 0. The highest BCUT2D eigenvalue weighted by Gasteiger charge is 2.22. The average Bonchev–Trinajstić information content (AvgIpc) is 3.21. The van der Waals surface area contributed by atoms with Gasteiger partial charge in [0.2, 0.25) is 5.91 Å². The third-order valence-corrected chi connectivity index (χ3v) is 5.22.